The lowest BCUT2D eigenvalue weighted by Gasteiger charge is -1.88. The summed E-state index contributed by atoms with van der Waals surface area (Å²) in [4.78, 5) is 0.379. The third-order valence-corrected chi connectivity index (χ3v) is 1.24. The molecule has 0 amide bonds. The number of nitrogens with zero attached hydrogens (tertiary/aromatic N) is 1. The van der Waals surface area contributed by atoms with Crippen molar-refractivity contribution in [3.8, 4) is 5.88 Å². The third kappa shape index (κ3) is 2.19. The molecule has 1 heterocycles. The number of nitrogens with two attached hydrogens (primary N) is 1. The molecule has 0 aliphatic carbocycles. The normalized spacial score (nSPS) is 9.55. The first-order valence-corrected chi connectivity index (χ1v) is 3.41. The predicted molar refractivity (Wildman–Crippen MR) is 43.5 cm³/mol. The predicted octanol–water partition coefficient (Wildman–Crippen LogP) is 0.512. The van der Waals surface area contributed by atoms with Gasteiger partial charge in [-0.2, -0.15) is 0 Å². The Morgan fingerprint density at radius 2 is 2.64 bits per heavy atom. The summed E-state index contributed by atoms with van der Waals surface area (Å²) in [6, 6.07) is 1.65. The van der Waals surface area contributed by atoms with E-state index in [0.29, 0.717) is 23.0 Å². The summed E-state index contributed by atoms with van der Waals surface area (Å²) >= 11 is 4.67. The zero-order valence-corrected chi connectivity index (χ0v) is 6.85. The van der Waals surface area contributed by atoms with Gasteiger partial charge in [-0.3, -0.25) is 0 Å². The highest BCUT2D eigenvalue weighted by atomic mass is 32.1. The average molecular weight is 172 g/mol. The lowest BCUT2D eigenvalue weighted by molar-refractivity contribution is 0.330. The standard InChI is InChI=1S/C6H8N2O2S/c1-9-6-3-4(10-8-6)2-5(7)11/h3H,2H2,1H3,(H2,7,11). The van der Waals surface area contributed by atoms with Crippen molar-refractivity contribution >= 4 is 17.2 Å². The van der Waals surface area contributed by atoms with Gasteiger partial charge in [-0.1, -0.05) is 12.2 Å². The third-order valence-electron chi connectivity index (χ3n) is 1.09. The van der Waals surface area contributed by atoms with E-state index in [-0.39, 0.29) is 0 Å². The molecule has 0 bridgehead atoms. The second kappa shape index (κ2) is 3.34. The lowest BCUT2D eigenvalue weighted by atomic mass is 10.3. The maximum absolute atomic E-state index is 5.28. The van der Waals surface area contributed by atoms with Crippen LogP contribution in [0.25, 0.3) is 0 Å². The summed E-state index contributed by atoms with van der Waals surface area (Å²) in [5.41, 5.74) is 5.28. The Morgan fingerprint density at radius 3 is 3.09 bits per heavy atom. The van der Waals surface area contributed by atoms with Crippen molar-refractivity contribution in [2.45, 2.75) is 6.42 Å². The zero-order valence-electron chi connectivity index (χ0n) is 6.03. The van der Waals surface area contributed by atoms with Crippen molar-refractivity contribution in [2.75, 3.05) is 7.11 Å². The van der Waals surface area contributed by atoms with E-state index in [1.54, 1.807) is 6.07 Å². The quantitative estimate of drug-likeness (QED) is 0.673. The summed E-state index contributed by atoms with van der Waals surface area (Å²) in [5, 5.41) is 3.58. The first kappa shape index (κ1) is 8.00. The molecule has 2 N–H and O–H groups in total. The molecule has 0 spiro atoms. The SMILES string of the molecule is COc1cc(CC(N)=S)on1. The molecule has 1 aromatic rings. The molecular weight excluding hydrogens is 164 g/mol. The van der Waals surface area contributed by atoms with Crippen molar-refractivity contribution < 1.29 is 9.26 Å². The van der Waals surface area contributed by atoms with Crippen LogP contribution in [0.3, 0.4) is 0 Å². The van der Waals surface area contributed by atoms with Gasteiger partial charge in [0.2, 0.25) is 0 Å². The van der Waals surface area contributed by atoms with E-state index in [2.05, 4.69) is 17.4 Å². The van der Waals surface area contributed by atoms with Crippen LogP contribution < -0.4 is 10.5 Å². The molecule has 0 aromatic carbocycles. The number of methoxy groups -OCH3 is 1. The molecule has 0 unspecified atom stereocenters. The molecule has 0 aliphatic rings. The fourth-order valence-corrected chi connectivity index (χ4v) is 0.788. The van der Waals surface area contributed by atoms with Gasteiger partial charge in [0.25, 0.3) is 5.88 Å². The molecule has 0 aliphatic heterocycles. The highest BCUT2D eigenvalue weighted by Gasteiger charge is 2.03. The monoisotopic (exact) mass is 172 g/mol. The molecule has 0 atom stereocenters. The fraction of sp³-hybridized carbons (Fsp3) is 0.333. The van der Waals surface area contributed by atoms with Gasteiger partial charge in [0.15, 0.2) is 0 Å². The van der Waals surface area contributed by atoms with Crippen LogP contribution in [0.5, 0.6) is 5.88 Å². The minimum atomic E-state index is 0.379. The Morgan fingerprint density at radius 1 is 1.91 bits per heavy atom. The van der Waals surface area contributed by atoms with Crippen molar-refractivity contribution in [1.29, 1.82) is 0 Å². The van der Waals surface area contributed by atoms with Gasteiger partial charge in [-0.25, -0.2) is 0 Å². The van der Waals surface area contributed by atoms with E-state index < -0.39 is 0 Å². The summed E-state index contributed by atoms with van der Waals surface area (Å²) in [6.07, 6.45) is 0.422. The van der Waals surface area contributed by atoms with Gasteiger partial charge in [0.1, 0.15) is 5.76 Å². The number of thiocarbonyl (C=S) groups is 1. The Labute approximate surface area is 69.3 Å². The Kier molecular flexibility index (Phi) is 2.43. The Hall–Kier alpha value is -1.10. The first-order chi connectivity index (χ1) is 5.22. The van der Waals surface area contributed by atoms with Crippen LogP contribution in [0.15, 0.2) is 10.6 Å². The van der Waals surface area contributed by atoms with E-state index in [1.165, 1.54) is 7.11 Å². The van der Waals surface area contributed by atoms with E-state index in [4.69, 9.17) is 15.0 Å². The van der Waals surface area contributed by atoms with Crippen LogP contribution >= 0.6 is 12.2 Å². The zero-order chi connectivity index (χ0) is 8.27. The van der Waals surface area contributed by atoms with Gasteiger partial charge in [-0.05, 0) is 5.16 Å². The molecule has 4 nitrogen and oxygen atoms in total. The van der Waals surface area contributed by atoms with Crippen LogP contribution in [0.2, 0.25) is 0 Å². The molecule has 0 saturated carbocycles. The largest absolute Gasteiger partial charge is 0.479 e. The van der Waals surface area contributed by atoms with Gasteiger partial charge < -0.3 is 15.0 Å². The highest BCUT2D eigenvalue weighted by Crippen LogP contribution is 2.10. The Balaban J connectivity index is 2.65. The van der Waals surface area contributed by atoms with Crippen molar-refractivity contribution in [2.24, 2.45) is 5.73 Å². The van der Waals surface area contributed by atoms with Crippen LogP contribution in [0.4, 0.5) is 0 Å². The fourth-order valence-electron chi connectivity index (χ4n) is 0.645. The van der Waals surface area contributed by atoms with Gasteiger partial charge in [0.05, 0.1) is 18.5 Å². The van der Waals surface area contributed by atoms with E-state index >= 15 is 0 Å². The molecule has 5 heteroatoms. The van der Waals surface area contributed by atoms with Crippen molar-refractivity contribution in [3.63, 3.8) is 0 Å². The maximum atomic E-state index is 5.28. The smallest absolute Gasteiger partial charge is 0.254 e. The molecule has 0 saturated heterocycles. The molecule has 0 radical (unpaired) electrons. The van der Waals surface area contributed by atoms with E-state index in [9.17, 15) is 0 Å². The molecule has 0 fully saturated rings. The highest BCUT2D eigenvalue weighted by molar-refractivity contribution is 7.80. The summed E-state index contributed by atoms with van der Waals surface area (Å²) in [5.74, 6) is 1.06. The van der Waals surface area contributed by atoms with Crippen molar-refractivity contribution in [3.05, 3.63) is 11.8 Å². The summed E-state index contributed by atoms with van der Waals surface area (Å²) in [6.45, 7) is 0. The minimum Gasteiger partial charge on any atom is -0.479 e. The average Bonchev–Trinajstić information content (AvgIpc) is 2.34. The minimum absolute atomic E-state index is 0.379. The molecule has 1 rings (SSSR count). The summed E-state index contributed by atoms with van der Waals surface area (Å²) in [7, 11) is 1.52. The molecule has 11 heavy (non-hydrogen) atoms. The summed E-state index contributed by atoms with van der Waals surface area (Å²) < 4.78 is 9.61. The van der Waals surface area contributed by atoms with Gasteiger partial charge in [-0.15, -0.1) is 0 Å². The lowest BCUT2D eigenvalue weighted by Crippen LogP contribution is -2.10. The van der Waals surface area contributed by atoms with Crippen LogP contribution in [-0.4, -0.2) is 17.3 Å². The van der Waals surface area contributed by atoms with Crippen LogP contribution in [-0.2, 0) is 6.42 Å². The maximum Gasteiger partial charge on any atom is 0.254 e. The molecular formula is C6H8N2O2S. The number of ether oxygens (including phenoxy) is 1. The van der Waals surface area contributed by atoms with Crippen LogP contribution in [0, 0.1) is 0 Å². The van der Waals surface area contributed by atoms with Gasteiger partial charge >= 0.3 is 0 Å². The second-order valence-electron chi connectivity index (χ2n) is 1.98. The molecule has 60 valence electrons. The Bertz CT molecular complexity index is 259. The topological polar surface area (TPSA) is 61.3 Å². The number of hydrogen-bond acceptors (Lipinski definition) is 4. The number of rotatable bonds is 3. The number of aromatic nitrogens is 1. The van der Waals surface area contributed by atoms with E-state index in [1.807, 2.05) is 0 Å². The second-order valence-corrected chi connectivity index (χ2v) is 2.50. The first-order valence-electron chi connectivity index (χ1n) is 3.00. The van der Waals surface area contributed by atoms with E-state index in [0.717, 1.165) is 0 Å². The van der Waals surface area contributed by atoms with Crippen molar-refractivity contribution in [1.82, 2.24) is 5.16 Å². The number of hydrogen-bond donors (Lipinski definition) is 1. The van der Waals surface area contributed by atoms with Gasteiger partial charge in [0, 0.05) is 6.07 Å². The van der Waals surface area contributed by atoms with Crippen LogP contribution in [0.1, 0.15) is 5.76 Å². The molecule has 1 aromatic heterocycles.